The van der Waals surface area contributed by atoms with E-state index < -0.39 is 0 Å². The lowest BCUT2D eigenvalue weighted by atomic mass is 10.0. The maximum Gasteiger partial charge on any atom is 0.203 e. The predicted molar refractivity (Wildman–Crippen MR) is 98.4 cm³/mol. The monoisotopic (exact) mass is 415 g/mol. The van der Waals surface area contributed by atoms with Crippen molar-refractivity contribution in [2.75, 3.05) is 20.7 Å². The third kappa shape index (κ3) is 4.87. The highest BCUT2D eigenvalue weighted by Crippen LogP contribution is 2.32. The Hall–Kier alpha value is -1.76. The minimum absolute atomic E-state index is 0. The highest BCUT2D eigenvalue weighted by Gasteiger charge is 2.18. The number of aromatic hydroxyl groups is 2. The topological polar surface area (TPSA) is 70.0 Å². The molecular formula is C17H19BrClNO4. The van der Waals surface area contributed by atoms with E-state index in [0.717, 1.165) is 4.47 Å². The van der Waals surface area contributed by atoms with Crippen molar-refractivity contribution in [1.29, 1.82) is 0 Å². The van der Waals surface area contributed by atoms with Crippen molar-refractivity contribution in [3.05, 3.63) is 52.0 Å². The lowest BCUT2D eigenvalue weighted by Crippen LogP contribution is -2.15. The first-order valence-electron chi connectivity index (χ1n) is 6.99. The van der Waals surface area contributed by atoms with Crippen LogP contribution in [-0.2, 0) is 6.54 Å². The molecule has 0 radical (unpaired) electrons. The number of rotatable bonds is 6. The number of ketones is 1. The van der Waals surface area contributed by atoms with Crippen molar-refractivity contribution >= 4 is 34.1 Å². The fourth-order valence-electron chi connectivity index (χ4n) is 2.11. The van der Waals surface area contributed by atoms with Crippen molar-refractivity contribution in [3.8, 4) is 17.2 Å². The molecule has 0 saturated heterocycles. The van der Waals surface area contributed by atoms with Crippen LogP contribution in [0.15, 0.2) is 40.9 Å². The average Bonchev–Trinajstić information content (AvgIpc) is 2.50. The maximum atomic E-state index is 12.3. The number of carbonyl (C=O) groups excluding carboxylic acids is 1. The third-order valence-electron chi connectivity index (χ3n) is 3.23. The van der Waals surface area contributed by atoms with Gasteiger partial charge in [0.25, 0.3) is 0 Å². The van der Waals surface area contributed by atoms with Gasteiger partial charge in [-0.25, -0.2) is 0 Å². The van der Waals surface area contributed by atoms with E-state index in [0.29, 0.717) is 17.9 Å². The lowest BCUT2D eigenvalue weighted by molar-refractivity contribution is 0.0918. The Morgan fingerprint density at radius 2 is 1.83 bits per heavy atom. The zero-order valence-electron chi connectivity index (χ0n) is 13.3. The molecule has 0 heterocycles. The Labute approximate surface area is 155 Å². The van der Waals surface area contributed by atoms with Crippen molar-refractivity contribution in [2.45, 2.75) is 6.54 Å². The molecule has 0 aliphatic rings. The first-order valence-corrected chi connectivity index (χ1v) is 7.78. The van der Waals surface area contributed by atoms with Crippen LogP contribution in [0.5, 0.6) is 17.2 Å². The summed E-state index contributed by atoms with van der Waals surface area (Å²) in [6, 6.07) is 10.0. The minimum Gasteiger partial charge on any atom is -0.507 e. The third-order valence-corrected chi connectivity index (χ3v) is 3.88. The molecule has 2 rings (SSSR count). The number of phenols is 2. The number of phenolic OH excluding ortho intramolecular Hbond substituents is 2. The van der Waals surface area contributed by atoms with Gasteiger partial charge in [0.2, 0.25) is 5.78 Å². The molecule has 0 aliphatic heterocycles. The molecular weight excluding hydrogens is 398 g/mol. The van der Waals surface area contributed by atoms with Gasteiger partial charge in [0, 0.05) is 6.54 Å². The van der Waals surface area contributed by atoms with Crippen LogP contribution in [-0.4, -0.2) is 41.6 Å². The second kappa shape index (κ2) is 8.92. The molecule has 130 valence electrons. The number of nitrogens with zero attached hydrogens (tertiary/aromatic N) is 1. The standard InChI is InChI=1S/C17H18BrNO4.ClH/c1-19(2)9-12-14(20)8-7-11(17(12)22)15(21)10-23-16-6-4-3-5-13(16)18;/h3-8,20,22H,9-10H2,1-2H3;1H. The molecule has 7 heteroatoms. The Kier molecular flexibility index (Phi) is 7.54. The zero-order chi connectivity index (χ0) is 17.0. The van der Waals surface area contributed by atoms with Crippen LogP contribution < -0.4 is 4.74 Å². The molecule has 0 bridgehead atoms. The van der Waals surface area contributed by atoms with E-state index in [1.807, 2.05) is 26.2 Å². The van der Waals surface area contributed by atoms with Crippen LogP contribution in [0.25, 0.3) is 0 Å². The van der Waals surface area contributed by atoms with Crippen LogP contribution >= 0.6 is 28.3 Å². The highest BCUT2D eigenvalue weighted by atomic mass is 79.9. The summed E-state index contributed by atoms with van der Waals surface area (Å²) >= 11 is 3.34. The van der Waals surface area contributed by atoms with Crippen molar-refractivity contribution < 1.29 is 19.7 Å². The molecule has 0 spiro atoms. The molecule has 0 unspecified atom stereocenters. The average molecular weight is 417 g/mol. The van der Waals surface area contributed by atoms with Crippen molar-refractivity contribution in [2.24, 2.45) is 0 Å². The number of ether oxygens (including phenoxy) is 1. The molecule has 0 amide bonds. The molecule has 0 fully saturated rings. The van der Waals surface area contributed by atoms with Gasteiger partial charge in [0.15, 0.2) is 6.61 Å². The molecule has 0 saturated carbocycles. The van der Waals surface area contributed by atoms with Crippen LogP contribution in [0.2, 0.25) is 0 Å². The number of para-hydroxylation sites is 1. The Morgan fingerprint density at radius 3 is 2.46 bits per heavy atom. The fourth-order valence-corrected chi connectivity index (χ4v) is 2.50. The van der Waals surface area contributed by atoms with E-state index in [2.05, 4.69) is 15.9 Å². The summed E-state index contributed by atoms with van der Waals surface area (Å²) in [6.45, 7) is 0.117. The van der Waals surface area contributed by atoms with Gasteiger partial charge in [-0.3, -0.25) is 4.79 Å². The lowest BCUT2D eigenvalue weighted by Gasteiger charge is -2.15. The van der Waals surface area contributed by atoms with Gasteiger partial charge in [0.05, 0.1) is 15.6 Å². The van der Waals surface area contributed by atoms with E-state index in [1.54, 1.807) is 17.0 Å². The number of hydrogen-bond donors (Lipinski definition) is 2. The SMILES string of the molecule is CN(C)Cc1c(O)ccc(C(=O)COc2ccccc2Br)c1O.Cl. The number of benzene rings is 2. The van der Waals surface area contributed by atoms with Gasteiger partial charge in [-0.05, 0) is 54.3 Å². The van der Waals surface area contributed by atoms with E-state index in [4.69, 9.17) is 4.74 Å². The molecule has 2 N–H and O–H groups in total. The van der Waals surface area contributed by atoms with Crippen LogP contribution in [0.1, 0.15) is 15.9 Å². The quantitative estimate of drug-likeness (QED) is 0.704. The minimum atomic E-state index is -0.363. The van der Waals surface area contributed by atoms with E-state index in [9.17, 15) is 15.0 Å². The van der Waals surface area contributed by atoms with Crippen molar-refractivity contribution in [1.82, 2.24) is 4.90 Å². The van der Waals surface area contributed by atoms with E-state index in [-0.39, 0.29) is 41.9 Å². The normalized spacial score (nSPS) is 10.3. The highest BCUT2D eigenvalue weighted by molar-refractivity contribution is 9.10. The van der Waals surface area contributed by atoms with Gasteiger partial charge < -0.3 is 19.8 Å². The zero-order valence-corrected chi connectivity index (χ0v) is 15.7. The molecule has 0 aromatic heterocycles. The summed E-state index contributed by atoms with van der Waals surface area (Å²) in [4.78, 5) is 14.1. The summed E-state index contributed by atoms with van der Waals surface area (Å²) < 4.78 is 6.23. The number of carbonyl (C=O) groups is 1. The van der Waals surface area contributed by atoms with Gasteiger partial charge in [-0.2, -0.15) is 0 Å². The Morgan fingerprint density at radius 1 is 1.17 bits per heavy atom. The maximum absolute atomic E-state index is 12.3. The fraction of sp³-hybridized carbons (Fsp3) is 0.235. The number of Topliss-reactive ketones (excluding diaryl/α,β-unsaturated/α-hetero) is 1. The van der Waals surface area contributed by atoms with Gasteiger partial charge in [-0.1, -0.05) is 12.1 Å². The van der Waals surface area contributed by atoms with Gasteiger partial charge in [-0.15, -0.1) is 12.4 Å². The van der Waals surface area contributed by atoms with Crippen LogP contribution in [0.4, 0.5) is 0 Å². The van der Waals surface area contributed by atoms with Gasteiger partial charge in [0.1, 0.15) is 17.2 Å². The first-order chi connectivity index (χ1) is 10.9. The molecule has 5 nitrogen and oxygen atoms in total. The summed E-state index contributed by atoms with van der Waals surface area (Å²) in [5.41, 5.74) is 0.452. The smallest absolute Gasteiger partial charge is 0.203 e. The summed E-state index contributed by atoms with van der Waals surface area (Å²) in [7, 11) is 3.62. The number of halogens is 2. The largest absolute Gasteiger partial charge is 0.507 e. The Balaban J connectivity index is 0.00000288. The molecule has 2 aromatic rings. The summed E-state index contributed by atoms with van der Waals surface area (Å²) in [6.07, 6.45) is 0. The second-order valence-corrected chi connectivity index (χ2v) is 6.19. The molecule has 2 aromatic carbocycles. The molecule has 0 aliphatic carbocycles. The first kappa shape index (κ1) is 20.3. The van der Waals surface area contributed by atoms with Gasteiger partial charge >= 0.3 is 0 Å². The number of hydrogen-bond acceptors (Lipinski definition) is 5. The van der Waals surface area contributed by atoms with E-state index in [1.165, 1.54) is 12.1 Å². The van der Waals surface area contributed by atoms with E-state index >= 15 is 0 Å². The predicted octanol–water partition coefficient (Wildman–Crippen LogP) is 3.61. The van der Waals surface area contributed by atoms with Crippen molar-refractivity contribution in [3.63, 3.8) is 0 Å². The second-order valence-electron chi connectivity index (χ2n) is 5.34. The van der Waals surface area contributed by atoms with Crippen LogP contribution in [0.3, 0.4) is 0 Å². The Bertz CT molecular complexity index is 722. The molecule has 0 atom stereocenters. The van der Waals surface area contributed by atoms with Crippen LogP contribution in [0, 0.1) is 0 Å². The summed E-state index contributed by atoms with van der Waals surface area (Å²) in [5.74, 6) is -0.0650. The summed E-state index contributed by atoms with van der Waals surface area (Å²) in [5, 5.41) is 20.1. The molecule has 24 heavy (non-hydrogen) atoms.